The van der Waals surface area contributed by atoms with Gasteiger partial charge in [0.25, 0.3) is 0 Å². The molecule has 0 spiro atoms. The number of piperazine rings is 1. The number of amides is 1. The van der Waals surface area contributed by atoms with Crippen LogP contribution in [0.1, 0.15) is 38.1 Å². The molecule has 5 nitrogen and oxygen atoms in total. The normalized spacial score (nSPS) is 18.0. The Morgan fingerprint density at radius 1 is 1.29 bits per heavy atom. The maximum absolute atomic E-state index is 12.1. The van der Waals surface area contributed by atoms with E-state index in [0.717, 1.165) is 43.4 Å². The second-order valence-corrected chi connectivity index (χ2v) is 7.02. The highest BCUT2D eigenvalue weighted by atomic mass is 32.1. The lowest BCUT2D eigenvalue weighted by molar-refractivity contribution is -0.133. The smallest absolute Gasteiger partial charge is 0.222 e. The lowest BCUT2D eigenvalue weighted by Gasteiger charge is -2.39. The van der Waals surface area contributed by atoms with Crippen molar-refractivity contribution in [3.05, 3.63) is 41.7 Å². The Morgan fingerprint density at radius 2 is 2.08 bits per heavy atom. The van der Waals surface area contributed by atoms with Crippen molar-refractivity contribution in [2.45, 2.75) is 39.2 Å². The van der Waals surface area contributed by atoms with Crippen LogP contribution in [0.5, 0.6) is 0 Å². The molecule has 1 aliphatic rings. The molecule has 1 atom stereocenters. The molecule has 1 saturated heterocycles. The van der Waals surface area contributed by atoms with E-state index >= 15 is 0 Å². The summed E-state index contributed by atoms with van der Waals surface area (Å²) in [5.41, 5.74) is 1.23. The lowest BCUT2D eigenvalue weighted by Crippen LogP contribution is -2.54. The van der Waals surface area contributed by atoms with Gasteiger partial charge in [0.15, 0.2) is 0 Å². The fraction of sp³-hybridized carbons (Fsp3) is 0.500. The molecule has 0 unspecified atom stereocenters. The zero-order valence-corrected chi connectivity index (χ0v) is 15.1. The van der Waals surface area contributed by atoms with Gasteiger partial charge in [0.05, 0.1) is 0 Å². The molecular formula is C18H24N4OS. The molecule has 1 amide bonds. The molecular weight excluding hydrogens is 320 g/mol. The van der Waals surface area contributed by atoms with Gasteiger partial charge in [-0.3, -0.25) is 4.79 Å². The van der Waals surface area contributed by atoms with Gasteiger partial charge in [-0.25, -0.2) is 4.98 Å². The van der Waals surface area contributed by atoms with Crippen LogP contribution in [0.2, 0.25) is 0 Å². The molecule has 1 aliphatic heterocycles. The van der Waals surface area contributed by atoms with Crippen LogP contribution in [0.3, 0.4) is 0 Å². The van der Waals surface area contributed by atoms with Crippen molar-refractivity contribution in [2.24, 2.45) is 0 Å². The molecule has 0 saturated carbocycles. The average molecular weight is 344 g/mol. The molecule has 0 aliphatic carbocycles. The Labute approximate surface area is 147 Å². The fourth-order valence-corrected chi connectivity index (χ4v) is 3.80. The summed E-state index contributed by atoms with van der Waals surface area (Å²) in [6.45, 7) is 6.60. The van der Waals surface area contributed by atoms with Crippen LogP contribution >= 0.6 is 11.5 Å². The van der Waals surface area contributed by atoms with Crippen LogP contribution in [-0.4, -0.2) is 45.8 Å². The van der Waals surface area contributed by atoms with E-state index in [2.05, 4.69) is 28.3 Å². The van der Waals surface area contributed by atoms with E-state index < -0.39 is 0 Å². The predicted octanol–water partition coefficient (Wildman–Crippen LogP) is 2.97. The number of aromatic nitrogens is 2. The molecule has 2 aromatic rings. The van der Waals surface area contributed by atoms with E-state index in [1.165, 1.54) is 17.1 Å². The summed E-state index contributed by atoms with van der Waals surface area (Å²) < 4.78 is 4.50. The van der Waals surface area contributed by atoms with Gasteiger partial charge in [-0.2, -0.15) is 4.37 Å². The highest BCUT2D eigenvalue weighted by Crippen LogP contribution is 2.22. The zero-order chi connectivity index (χ0) is 16.9. The van der Waals surface area contributed by atoms with Crippen LogP contribution in [0.25, 0.3) is 0 Å². The number of carbonyl (C=O) groups excluding carboxylic acids is 1. The monoisotopic (exact) mass is 344 g/mol. The minimum atomic E-state index is 0.222. The number of benzene rings is 1. The molecule has 0 N–H and O–H groups in total. The van der Waals surface area contributed by atoms with E-state index in [1.807, 2.05) is 30.0 Å². The second-order valence-electron chi connectivity index (χ2n) is 6.29. The maximum atomic E-state index is 12.1. The Kier molecular flexibility index (Phi) is 5.45. The van der Waals surface area contributed by atoms with Crippen molar-refractivity contribution < 1.29 is 4.79 Å². The van der Waals surface area contributed by atoms with Gasteiger partial charge in [0.1, 0.15) is 5.82 Å². The van der Waals surface area contributed by atoms with Crippen molar-refractivity contribution in [1.82, 2.24) is 14.3 Å². The molecule has 2 heterocycles. The second kappa shape index (κ2) is 7.75. The molecule has 1 aromatic carbocycles. The van der Waals surface area contributed by atoms with E-state index in [-0.39, 0.29) is 11.9 Å². The van der Waals surface area contributed by atoms with Crippen molar-refractivity contribution >= 4 is 22.6 Å². The molecule has 3 rings (SSSR count). The maximum Gasteiger partial charge on any atom is 0.222 e. The summed E-state index contributed by atoms with van der Waals surface area (Å²) in [4.78, 5) is 21.1. The Bertz CT molecular complexity index is 673. The summed E-state index contributed by atoms with van der Waals surface area (Å²) in [5.74, 6) is 1.14. The highest BCUT2D eigenvalue weighted by Gasteiger charge is 2.28. The van der Waals surface area contributed by atoms with E-state index in [1.54, 1.807) is 0 Å². The molecule has 0 radical (unpaired) electrons. The molecule has 128 valence electrons. The number of nitrogens with zero attached hydrogens (tertiary/aromatic N) is 4. The quantitative estimate of drug-likeness (QED) is 0.837. The average Bonchev–Trinajstić information content (AvgIpc) is 3.04. The van der Waals surface area contributed by atoms with Gasteiger partial charge >= 0.3 is 0 Å². The van der Waals surface area contributed by atoms with Crippen LogP contribution in [-0.2, 0) is 11.2 Å². The molecule has 1 fully saturated rings. The lowest BCUT2D eigenvalue weighted by atomic mass is 10.1. The van der Waals surface area contributed by atoms with Gasteiger partial charge in [0, 0.05) is 50.1 Å². The summed E-state index contributed by atoms with van der Waals surface area (Å²) in [7, 11) is 0. The molecule has 0 bridgehead atoms. The van der Waals surface area contributed by atoms with Crippen LogP contribution in [0, 0.1) is 0 Å². The van der Waals surface area contributed by atoms with Crippen molar-refractivity contribution in [3.63, 3.8) is 0 Å². The van der Waals surface area contributed by atoms with Crippen molar-refractivity contribution in [3.8, 4) is 0 Å². The number of rotatable bonds is 5. The first-order chi connectivity index (χ1) is 11.7. The van der Waals surface area contributed by atoms with Gasteiger partial charge < -0.3 is 9.80 Å². The first kappa shape index (κ1) is 16.9. The first-order valence-electron chi connectivity index (χ1n) is 8.58. The summed E-state index contributed by atoms with van der Waals surface area (Å²) in [6, 6.07) is 10.5. The van der Waals surface area contributed by atoms with Crippen molar-refractivity contribution in [2.75, 3.05) is 24.5 Å². The largest absolute Gasteiger partial charge is 0.343 e. The fourth-order valence-electron chi connectivity index (χ4n) is 3.08. The summed E-state index contributed by atoms with van der Waals surface area (Å²) in [5, 5.41) is 0.968. The number of hydrogen-bond donors (Lipinski definition) is 0. The molecule has 6 heteroatoms. The zero-order valence-electron chi connectivity index (χ0n) is 14.3. The number of carbonyl (C=O) groups is 1. The molecule has 1 aromatic heterocycles. The van der Waals surface area contributed by atoms with Gasteiger partial charge in [0.2, 0.25) is 11.0 Å². The van der Waals surface area contributed by atoms with Crippen molar-refractivity contribution in [1.29, 1.82) is 0 Å². The topological polar surface area (TPSA) is 49.3 Å². The third kappa shape index (κ3) is 3.93. The minimum Gasteiger partial charge on any atom is -0.343 e. The minimum absolute atomic E-state index is 0.222. The van der Waals surface area contributed by atoms with Gasteiger partial charge in [-0.05, 0) is 18.9 Å². The highest BCUT2D eigenvalue weighted by molar-refractivity contribution is 7.09. The predicted molar refractivity (Wildman–Crippen MR) is 97.5 cm³/mol. The third-order valence-electron chi connectivity index (χ3n) is 4.34. The van der Waals surface area contributed by atoms with E-state index in [0.29, 0.717) is 6.42 Å². The molecule has 24 heavy (non-hydrogen) atoms. The SMILES string of the molecule is CCCC(=O)N1CCN(c2nc(Cc3ccccc3)ns2)C[C@H]1C. The first-order valence-corrected chi connectivity index (χ1v) is 9.35. The van der Waals surface area contributed by atoms with Crippen LogP contribution in [0.15, 0.2) is 30.3 Å². The van der Waals surface area contributed by atoms with Crippen LogP contribution in [0.4, 0.5) is 5.13 Å². The summed E-state index contributed by atoms with van der Waals surface area (Å²) in [6.07, 6.45) is 2.32. The van der Waals surface area contributed by atoms with Gasteiger partial charge in [-0.1, -0.05) is 37.3 Å². The Hall–Kier alpha value is -1.95. The Morgan fingerprint density at radius 3 is 2.79 bits per heavy atom. The Balaban J connectivity index is 1.61. The standard InChI is InChI=1S/C18H24N4OS/c1-3-7-17(23)22-11-10-21(13-14(22)2)18-19-16(20-24-18)12-15-8-5-4-6-9-15/h4-6,8-9,14H,3,7,10-13H2,1-2H3/t14-/m1/s1. The van der Waals surface area contributed by atoms with E-state index in [4.69, 9.17) is 4.98 Å². The van der Waals surface area contributed by atoms with Gasteiger partial charge in [-0.15, -0.1) is 0 Å². The van der Waals surface area contributed by atoms with Crippen LogP contribution < -0.4 is 4.90 Å². The summed E-state index contributed by atoms with van der Waals surface area (Å²) >= 11 is 1.46. The van der Waals surface area contributed by atoms with E-state index in [9.17, 15) is 4.79 Å². The number of anilines is 1. The third-order valence-corrected chi connectivity index (χ3v) is 5.16. The number of hydrogen-bond acceptors (Lipinski definition) is 5.